The van der Waals surface area contributed by atoms with Gasteiger partial charge in [-0.05, 0) is 43.7 Å². The van der Waals surface area contributed by atoms with E-state index in [1.165, 1.54) is 5.56 Å². The largest absolute Gasteiger partial charge is 0.303 e. The number of aryl methyl sites for hydroxylation is 1. The van der Waals surface area contributed by atoms with Crippen molar-refractivity contribution < 1.29 is 0 Å². The first-order valence-corrected chi connectivity index (χ1v) is 9.85. The zero-order valence-electron chi connectivity index (χ0n) is 16.3. The molecule has 2 aliphatic heterocycles. The first-order valence-electron chi connectivity index (χ1n) is 9.85. The molecule has 0 spiro atoms. The molecular weight excluding hydrogens is 360 g/mol. The van der Waals surface area contributed by atoms with Crippen LogP contribution in [0.5, 0.6) is 0 Å². The standard InChI is InChI=1S/C23H20N6/c1-15-13-20-18(26-21-9-6-12-27(20)21)14-19(15)29-16(2)28(17-7-4-3-5-8-17)22-23(29)25-11-10-24-22/h3-8,10-14,16H,9H2,1-2H3/t16-/m0/s1. The third-order valence-corrected chi connectivity index (χ3v) is 5.79. The van der Waals surface area contributed by atoms with Gasteiger partial charge in [-0.15, -0.1) is 0 Å². The van der Waals surface area contributed by atoms with Crippen LogP contribution < -0.4 is 9.80 Å². The molecule has 0 aliphatic carbocycles. The molecule has 0 saturated heterocycles. The van der Waals surface area contributed by atoms with Crippen LogP contribution in [0, 0.1) is 6.92 Å². The third kappa shape index (κ3) is 2.26. The van der Waals surface area contributed by atoms with E-state index in [0.717, 1.165) is 46.3 Å². The Morgan fingerprint density at radius 2 is 1.72 bits per heavy atom. The zero-order valence-corrected chi connectivity index (χ0v) is 16.3. The molecule has 142 valence electrons. The fourth-order valence-corrected chi connectivity index (χ4v) is 4.49. The summed E-state index contributed by atoms with van der Waals surface area (Å²) in [6.07, 6.45) is 8.71. The zero-order chi connectivity index (χ0) is 19.5. The first kappa shape index (κ1) is 16.3. The van der Waals surface area contributed by atoms with Gasteiger partial charge in [0.2, 0.25) is 0 Å². The second kappa shape index (κ2) is 5.91. The normalized spacial score (nSPS) is 17.2. The third-order valence-electron chi connectivity index (χ3n) is 5.79. The predicted octanol–water partition coefficient (Wildman–Crippen LogP) is 4.80. The Morgan fingerprint density at radius 1 is 0.966 bits per heavy atom. The monoisotopic (exact) mass is 380 g/mol. The Labute approximate surface area is 168 Å². The molecule has 0 fully saturated rings. The second-order valence-electron chi connectivity index (χ2n) is 7.53. The van der Waals surface area contributed by atoms with Crippen molar-refractivity contribution in [1.29, 1.82) is 0 Å². The summed E-state index contributed by atoms with van der Waals surface area (Å²) in [5, 5.41) is 0. The minimum Gasteiger partial charge on any atom is -0.303 e. The Kier molecular flexibility index (Phi) is 3.32. The minimum atomic E-state index is 0.0420. The molecule has 0 radical (unpaired) electrons. The van der Waals surface area contributed by atoms with Crippen LogP contribution in [0.1, 0.15) is 18.3 Å². The number of hydrogen-bond donors (Lipinski definition) is 0. The maximum Gasteiger partial charge on any atom is 0.178 e. The second-order valence-corrected chi connectivity index (χ2v) is 7.53. The van der Waals surface area contributed by atoms with Gasteiger partial charge in [0.25, 0.3) is 0 Å². The van der Waals surface area contributed by atoms with Crippen LogP contribution in [0.3, 0.4) is 0 Å². The van der Waals surface area contributed by atoms with Gasteiger partial charge in [-0.2, -0.15) is 0 Å². The summed E-state index contributed by atoms with van der Waals surface area (Å²) in [6.45, 7) is 4.34. The van der Waals surface area contributed by atoms with Crippen molar-refractivity contribution in [1.82, 2.24) is 19.5 Å². The van der Waals surface area contributed by atoms with E-state index in [9.17, 15) is 0 Å². The summed E-state index contributed by atoms with van der Waals surface area (Å²) in [5.74, 6) is 2.84. The van der Waals surface area contributed by atoms with E-state index >= 15 is 0 Å². The Hall–Kier alpha value is -3.67. The van der Waals surface area contributed by atoms with Crippen molar-refractivity contribution in [3.8, 4) is 0 Å². The van der Waals surface area contributed by atoms with Crippen molar-refractivity contribution in [3.63, 3.8) is 0 Å². The van der Waals surface area contributed by atoms with Gasteiger partial charge < -0.3 is 14.4 Å². The summed E-state index contributed by atoms with van der Waals surface area (Å²) in [6, 6.07) is 14.8. The van der Waals surface area contributed by atoms with Gasteiger partial charge in [0.05, 0.1) is 11.0 Å². The van der Waals surface area contributed by atoms with E-state index in [-0.39, 0.29) is 6.17 Å². The first-order chi connectivity index (χ1) is 14.2. The van der Waals surface area contributed by atoms with Crippen LogP contribution in [0.2, 0.25) is 0 Å². The Morgan fingerprint density at radius 3 is 2.52 bits per heavy atom. The van der Waals surface area contributed by atoms with Crippen molar-refractivity contribution in [3.05, 3.63) is 72.3 Å². The molecule has 0 bridgehead atoms. The van der Waals surface area contributed by atoms with Crippen molar-refractivity contribution in [2.75, 3.05) is 9.80 Å². The van der Waals surface area contributed by atoms with Gasteiger partial charge in [-0.25, -0.2) is 15.0 Å². The number of nitrogens with zero attached hydrogens (tertiary/aromatic N) is 6. The van der Waals surface area contributed by atoms with Crippen LogP contribution in [-0.2, 0) is 6.42 Å². The van der Waals surface area contributed by atoms with Crippen LogP contribution >= 0.6 is 0 Å². The molecule has 4 aromatic rings. The smallest absolute Gasteiger partial charge is 0.178 e. The highest BCUT2D eigenvalue weighted by Gasteiger charge is 2.38. The molecule has 2 aliphatic rings. The topological polar surface area (TPSA) is 50.1 Å². The molecule has 6 rings (SSSR count). The summed E-state index contributed by atoms with van der Waals surface area (Å²) >= 11 is 0. The van der Waals surface area contributed by atoms with Gasteiger partial charge in [0, 0.05) is 36.4 Å². The summed E-state index contributed by atoms with van der Waals surface area (Å²) in [7, 11) is 0. The highest BCUT2D eigenvalue weighted by atomic mass is 15.5. The van der Waals surface area contributed by atoms with Crippen molar-refractivity contribution >= 4 is 40.2 Å². The number of aromatic nitrogens is 4. The molecule has 0 N–H and O–H groups in total. The summed E-state index contributed by atoms with van der Waals surface area (Å²) in [5.41, 5.74) is 5.58. The number of allylic oxidation sites excluding steroid dienone is 1. The SMILES string of the molecule is Cc1cc2c(cc1N1c3nccnc3N(c3ccccc3)[C@@H]1C)nc1n2C=CC1. The van der Waals surface area contributed by atoms with Crippen LogP contribution in [0.15, 0.2) is 60.9 Å². The van der Waals surface area contributed by atoms with Crippen molar-refractivity contribution in [2.45, 2.75) is 26.4 Å². The van der Waals surface area contributed by atoms with E-state index < -0.39 is 0 Å². The maximum absolute atomic E-state index is 4.85. The number of benzene rings is 2. The molecule has 0 amide bonds. The molecule has 2 aromatic carbocycles. The van der Waals surface area contributed by atoms with Gasteiger partial charge in [-0.3, -0.25) is 0 Å². The van der Waals surface area contributed by atoms with E-state index in [0.29, 0.717) is 0 Å². The lowest BCUT2D eigenvalue weighted by Crippen LogP contribution is -2.35. The van der Waals surface area contributed by atoms with Crippen LogP contribution in [0.25, 0.3) is 17.2 Å². The number of anilines is 4. The number of para-hydroxylation sites is 1. The van der Waals surface area contributed by atoms with E-state index in [1.54, 1.807) is 12.4 Å². The lowest BCUT2D eigenvalue weighted by Gasteiger charge is -2.30. The molecule has 2 aromatic heterocycles. The number of imidazole rings is 1. The lowest BCUT2D eigenvalue weighted by molar-refractivity contribution is 0.753. The lowest BCUT2D eigenvalue weighted by atomic mass is 10.1. The summed E-state index contributed by atoms with van der Waals surface area (Å²) in [4.78, 5) is 18.7. The number of rotatable bonds is 2. The van der Waals surface area contributed by atoms with E-state index in [4.69, 9.17) is 9.97 Å². The molecule has 29 heavy (non-hydrogen) atoms. The Bertz CT molecular complexity index is 1270. The molecule has 6 heteroatoms. The molecule has 6 nitrogen and oxygen atoms in total. The molecule has 1 atom stereocenters. The fourth-order valence-electron chi connectivity index (χ4n) is 4.49. The maximum atomic E-state index is 4.85. The van der Waals surface area contributed by atoms with Gasteiger partial charge in [0.1, 0.15) is 12.0 Å². The van der Waals surface area contributed by atoms with Crippen molar-refractivity contribution in [2.24, 2.45) is 0 Å². The average molecular weight is 380 g/mol. The number of hydrogen-bond acceptors (Lipinski definition) is 5. The quantitative estimate of drug-likeness (QED) is 0.500. The van der Waals surface area contributed by atoms with E-state index in [1.807, 2.05) is 6.07 Å². The summed E-state index contributed by atoms with van der Waals surface area (Å²) < 4.78 is 2.18. The predicted molar refractivity (Wildman–Crippen MR) is 116 cm³/mol. The van der Waals surface area contributed by atoms with Crippen LogP contribution in [0.4, 0.5) is 23.0 Å². The molecule has 4 heterocycles. The van der Waals surface area contributed by atoms with E-state index in [2.05, 4.69) is 81.9 Å². The molecule has 0 unspecified atom stereocenters. The van der Waals surface area contributed by atoms with Gasteiger partial charge >= 0.3 is 0 Å². The Balaban J connectivity index is 1.54. The molecular formula is C23H20N6. The van der Waals surface area contributed by atoms with Gasteiger partial charge in [0.15, 0.2) is 11.6 Å². The van der Waals surface area contributed by atoms with Crippen LogP contribution in [-0.4, -0.2) is 25.7 Å². The number of fused-ring (bicyclic) bond motifs is 4. The highest BCUT2D eigenvalue weighted by molar-refractivity contribution is 5.90. The average Bonchev–Trinajstić information content (AvgIpc) is 3.40. The molecule has 0 saturated carbocycles. The fraction of sp³-hybridized carbons (Fsp3) is 0.174. The minimum absolute atomic E-state index is 0.0420. The highest BCUT2D eigenvalue weighted by Crippen LogP contribution is 2.46. The van der Waals surface area contributed by atoms with Gasteiger partial charge in [-0.1, -0.05) is 24.3 Å².